The molecule has 1 aromatic rings. The van der Waals surface area contributed by atoms with Crippen LogP contribution in [0.25, 0.3) is 0 Å². The normalized spacial score (nSPS) is 15.4. The van der Waals surface area contributed by atoms with E-state index in [1.807, 2.05) is 25.1 Å². The third-order valence-corrected chi connectivity index (χ3v) is 2.98. The molecule has 0 saturated carbocycles. The molecule has 0 fully saturated rings. The van der Waals surface area contributed by atoms with Gasteiger partial charge >= 0.3 is 5.97 Å². The monoisotopic (exact) mass is 233 g/mol. The van der Waals surface area contributed by atoms with Crippen molar-refractivity contribution in [3.63, 3.8) is 0 Å². The first-order valence-corrected chi connectivity index (χ1v) is 5.68. The van der Waals surface area contributed by atoms with Crippen molar-refractivity contribution in [3.05, 3.63) is 34.9 Å². The topological polar surface area (TPSA) is 57.6 Å². The number of aliphatic carboxylic acids is 1. The molecule has 1 aliphatic heterocycles. The Balaban J connectivity index is 2.34. The average molecular weight is 233 g/mol. The van der Waals surface area contributed by atoms with Gasteiger partial charge in [-0.3, -0.25) is 9.59 Å². The highest BCUT2D eigenvalue weighted by molar-refractivity contribution is 5.97. The van der Waals surface area contributed by atoms with Crippen LogP contribution in [-0.2, 0) is 11.2 Å². The first kappa shape index (κ1) is 11.6. The number of nitrogens with zero attached hydrogens (tertiary/aromatic N) is 1. The molecule has 0 saturated heterocycles. The van der Waals surface area contributed by atoms with E-state index in [0.717, 1.165) is 24.0 Å². The Hall–Kier alpha value is -1.84. The summed E-state index contributed by atoms with van der Waals surface area (Å²) in [7, 11) is 0. The summed E-state index contributed by atoms with van der Waals surface area (Å²) in [4.78, 5) is 24.3. The summed E-state index contributed by atoms with van der Waals surface area (Å²) in [5.74, 6) is -1.13. The number of aryl methyl sites for hydroxylation is 2. The average Bonchev–Trinajstić information content (AvgIpc) is 2.40. The smallest absolute Gasteiger partial charge is 0.323 e. The van der Waals surface area contributed by atoms with E-state index < -0.39 is 5.97 Å². The number of fused-ring (bicyclic) bond motifs is 1. The number of hydrogen-bond acceptors (Lipinski definition) is 2. The van der Waals surface area contributed by atoms with Gasteiger partial charge < -0.3 is 10.0 Å². The zero-order valence-electron chi connectivity index (χ0n) is 9.77. The van der Waals surface area contributed by atoms with Crippen molar-refractivity contribution < 1.29 is 14.7 Å². The van der Waals surface area contributed by atoms with Crippen molar-refractivity contribution in [2.24, 2.45) is 0 Å². The second-order valence-corrected chi connectivity index (χ2v) is 4.38. The van der Waals surface area contributed by atoms with Crippen LogP contribution in [0.5, 0.6) is 0 Å². The predicted octanol–water partition coefficient (Wildman–Crippen LogP) is 1.47. The Bertz CT molecular complexity index is 468. The molecule has 0 bridgehead atoms. The molecule has 90 valence electrons. The SMILES string of the molecule is Cc1ccc2c(c1)C(=O)N(CC(=O)O)CCC2. The minimum atomic E-state index is -0.963. The Labute approximate surface area is 99.9 Å². The highest BCUT2D eigenvalue weighted by atomic mass is 16.4. The van der Waals surface area contributed by atoms with Crippen molar-refractivity contribution in [2.45, 2.75) is 19.8 Å². The van der Waals surface area contributed by atoms with Gasteiger partial charge in [-0.15, -0.1) is 0 Å². The van der Waals surface area contributed by atoms with Crippen molar-refractivity contribution in [1.82, 2.24) is 4.90 Å². The maximum atomic E-state index is 12.2. The van der Waals surface area contributed by atoms with Gasteiger partial charge in [-0.1, -0.05) is 17.7 Å². The Morgan fingerprint density at radius 1 is 1.47 bits per heavy atom. The van der Waals surface area contributed by atoms with Crippen LogP contribution in [0.1, 0.15) is 27.9 Å². The lowest BCUT2D eigenvalue weighted by molar-refractivity contribution is -0.137. The van der Waals surface area contributed by atoms with E-state index in [2.05, 4.69) is 0 Å². The van der Waals surface area contributed by atoms with Gasteiger partial charge in [-0.2, -0.15) is 0 Å². The summed E-state index contributed by atoms with van der Waals surface area (Å²) in [6.07, 6.45) is 1.65. The summed E-state index contributed by atoms with van der Waals surface area (Å²) in [5, 5.41) is 8.78. The number of carboxylic acid groups (broad SMARTS) is 1. The fourth-order valence-electron chi connectivity index (χ4n) is 2.15. The second kappa shape index (κ2) is 4.57. The molecule has 0 aliphatic carbocycles. The lowest BCUT2D eigenvalue weighted by Crippen LogP contribution is -2.35. The van der Waals surface area contributed by atoms with Gasteiger partial charge in [-0.25, -0.2) is 0 Å². The van der Waals surface area contributed by atoms with Crippen LogP contribution in [0.3, 0.4) is 0 Å². The molecule has 0 atom stereocenters. The van der Waals surface area contributed by atoms with Crippen LogP contribution < -0.4 is 0 Å². The first-order valence-electron chi connectivity index (χ1n) is 5.68. The number of carbonyl (C=O) groups excluding carboxylic acids is 1. The number of hydrogen-bond donors (Lipinski definition) is 1. The van der Waals surface area contributed by atoms with Crippen LogP contribution >= 0.6 is 0 Å². The van der Waals surface area contributed by atoms with E-state index in [1.54, 1.807) is 0 Å². The van der Waals surface area contributed by atoms with E-state index >= 15 is 0 Å². The van der Waals surface area contributed by atoms with Crippen LogP contribution in [0, 0.1) is 6.92 Å². The molecule has 1 amide bonds. The summed E-state index contributed by atoms with van der Waals surface area (Å²) in [6.45, 7) is 2.23. The van der Waals surface area contributed by atoms with Gasteiger partial charge in [0.05, 0.1) is 0 Å². The third kappa shape index (κ3) is 2.46. The van der Waals surface area contributed by atoms with Crippen LogP contribution in [0.2, 0.25) is 0 Å². The number of benzene rings is 1. The fourth-order valence-corrected chi connectivity index (χ4v) is 2.15. The molecule has 1 aliphatic rings. The molecule has 0 radical (unpaired) electrons. The Kier molecular flexibility index (Phi) is 3.13. The summed E-state index contributed by atoms with van der Waals surface area (Å²) in [6, 6.07) is 5.80. The van der Waals surface area contributed by atoms with Gasteiger partial charge in [0.15, 0.2) is 0 Å². The summed E-state index contributed by atoms with van der Waals surface area (Å²) in [5.41, 5.74) is 2.70. The van der Waals surface area contributed by atoms with Crippen molar-refractivity contribution in [3.8, 4) is 0 Å². The molecule has 0 aromatic heterocycles. The van der Waals surface area contributed by atoms with Gasteiger partial charge in [0.1, 0.15) is 6.54 Å². The maximum absolute atomic E-state index is 12.2. The first-order chi connectivity index (χ1) is 8.08. The number of carboxylic acids is 1. The molecule has 1 aromatic carbocycles. The molecule has 0 spiro atoms. The second-order valence-electron chi connectivity index (χ2n) is 4.38. The quantitative estimate of drug-likeness (QED) is 0.841. The zero-order valence-corrected chi connectivity index (χ0v) is 9.77. The lowest BCUT2D eigenvalue weighted by Gasteiger charge is -2.18. The highest BCUT2D eigenvalue weighted by Gasteiger charge is 2.23. The molecule has 4 heteroatoms. The van der Waals surface area contributed by atoms with Crippen molar-refractivity contribution >= 4 is 11.9 Å². The Morgan fingerprint density at radius 3 is 2.94 bits per heavy atom. The van der Waals surface area contributed by atoms with Crippen LogP contribution in [-0.4, -0.2) is 35.0 Å². The predicted molar refractivity (Wildman–Crippen MR) is 63.0 cm³/mol. The van der Waals surface area contributed by atoms with Crippen molar-refractivity contribution in [1.29, 1.82) is 0 Å². The van der Waals surface area contributed by atoms with Gasteiger partial charge in [0.25, 0.3) is 5.91 Å². The molecular weight excluding hydrogens is 218 g/mol. The number of carbonyl (C=O) groups is 2. The van der Waals surface area contributed by atoms with E-state index in [1.165, 1.54) is 4.90 Å². The molecule has 2 rings (SSSR count). The standard InChI is InChI=1S/C13H15NO3/c1-9-4-5-10-3-2-6-14(8-12(15)16)13(17)11(10)7-9/h4-5,7H,2-3,6,8H2,1H3,(H,15,16). The molecule has 17 heavy (non-hydrogen) atoms. The molecule has 0 unspecified atom stereocenters. The molecule has 4 nitrogen and oxygen atoms in total. The largest absolute Gasteiger partial charge is 0.480 e. The maximum Gasteiger partial charge on any atom is 0.323 e. The van der Waals surface area contributed by atoms with E-state index in [9.17, 15) is 9.59 Å². The number of rotatable bonds is 2. The minimum absolute atomic E-state index is 0.163. The molecule has 1 N–H and O–H groups in total. The Morgan fingerprint density at radius 2 is 2.24 bits per heavy atom. The van der Waals surface area contributed by atoms with E-state index in [0.29, 0.717) is 12.1 Å². The number of amides is 1. The summed E-state index contributed by atoms with van der Waals surface area (Å²) >= 11 is 0. The fraction of sp³-hybridized carbons (Fsp3) is 0.385. The molecular formula is C13H15NO3. The van der Waals surface area contributed by atoms with E-state index in [-0.39, 0.29) is 12.5 Å². The summed E-state index contributed by atoms with van der Waals surface area (Å²) < 4.78 is 0. The van der Waals surface area contributed by atoms with Gasteiger partial charge in [0, 0.05) is 12.1 Å². The third-order valence-electron chi connectivity index (χ3n) is 2.98. The van der Waals surface area contributed by atoms with Crippen LogP contribution in [0.15, 0.2) is 18.2 Å². The lowest BCUT2D eigenvalue weighted by atomic mass is 10.0. The van der Waals surface area contributed by atoms with Crippen LogP contribution in [0.4, 0.5) is 0 Å². The van der Waals surface area contributed by atoms with Gasteiger partial charge in [-0.05, 0) is 31.4 Å². The minimum Gasteiger partial charge on any atom is -0.480 e. The van der Waals surface area contributed by atoms with Gasteiger partial charge in [0.2, 0.25) is 0 Å². The van der Waals surface area contributed by atoms with Crippen molar-refractivity contribution in [2.75, 3.05) is 13.1 Å². The molecule has 1 heterocycles. The van der Waals surface area contributed by atoms with E-state index in [4.69, 9.17) is 5.11 Å². The highest BCUT2D eigenvalue weighted by Crippen LogP contribution is 2.19. The zero-order chi connectivity index (χ0) is 12.4.